The Balaban J connectivity index is 1.43. The van der Waals surface area contributed by atoms with Crippen molar-refractivity contribution in [3.8, 4) is 11.1 Å². The zero-order valence-electron chi connectivity index (χ0n) is 16.4. The van der Waals surface area contributed by atoms with Gasteiger partial charge in [-0.25, -0.2) is 4.79 Å². The number of rotatable bonds is 7. The van der Waals surface area contributed by atoms with Crippen molar-refractivity contribution in [1.29, 1.82) is 0 Å². The number of carbonyl (C=O) groups excluding carboxylic acids is 2. The minimum atomic E-state index is -1.21. The van der Waals surface area contributed by atoms with E-state index in [2.05, 4.69) is 29.6 Å². The van der Waals surface area contributed by atoms with Crippen molar-refractivity contribution in [2.75, 3.05) is 6.61 Å². The molecule has 0 spiro atoms. The lowest BCUT2D eigenvalue weighted by molar-refractivity contribution is -0.306. The Morgan fingerprint density at radius 3 is 2.03 bits per heavy atom. The molecule has 0 aliphatic heterocycles. The zero-order chi connectivity index (χ0) is 20.9. The van der Waals surface area contributed by atoms with Gasteiger partial charge in [0.1, 0.15) is 6.61 Å². The van der Waals surface area contributed by atoms with Gasteiger partial charge in [-0.1, -0.05) is 78.9 Å². The Hall–Kier alpha value is -3.60. The molecule has 4 rings (SSSR count). The average Bonchev–Trinajstić information content (AvgIpc) is 3.06. The number of carbonyl (C=O) groups is 2. The fraction of sp³-hybridized carbons (Fsp3) is 0.200. The average molecular weight is 400 g/mol. The molecule has 152 valence electrons. The molecule has 30 heavy (non-hydrogen) atoms. The van der Waals surface area contributed by atoms with Crippen molar-refractivity contribution < 1.29 is 19.4 Å². The zero-order valence-corrected chi connectivity index (χ0v) is 16.4. The Morgan fingerprint density at radius 1 is 0.867 bits per heavy atom. The van der Waals surface area contributed by atoms with Crippen LogP contribution in [0.1, 0.15) is 29.0 Å². The van der Waals surface area contributed by atoms with Crippen LogP contribution in [-0.2, 0) is 16.0 Å². The van der Waals surface area contributed by atoms with Gasteiger partial charge in [-0.3, -0.25) is 0 Å². The third kappa shape index (κ3) is 4.35. The second kappa shape index (κ2) is 8.82. The molecule has 1 amide bonds. The van der Waals surface area contributed by atoms with E-state index >= 15 is 0 Å². The minimum Gasteiger partial charge on any atom is -0.550 e. The van der Waals surface area contributed by atoms with Crippen LogP contribution >= 0.6 is 0 Å². The topological polar surface area (TPSA) is 78.5 Å². The first kappa shape index (κ1) is 19.7. The first-order valence-corrected chi connectivity index (χ1v) is 9.97. The molecule has 0 saturated heterocycles. The number of hydrogen-bond acceptors (Lipinski definition) is 4. The van der Waals surface area contributed by atoms with Crippen molar-refractivity contribution in [2.24, 2.45) is 0 Å². The van der Waals surface area contributed by atoms with Gasteiger partial charge in [0.25, 0.3) is 0 Å². The molecule has 0 fully saturated rings. The van der Waals surface area contributed by atoms with E-state index in [9.17, 15) is 14.7 Å². The first-order chi connectivity index (χ1) is 14.6. The number of hydrogen-bond donors (Lipinski definition) is 1. The van der Waals surface area contributed by atoms with Gasteiger partial charge < -0.3 is 20.0 Å². The number of carboxylic acids is 1. The van der Waals surface area contributed by atoms with Gasteiger partial charge in [0, 0.05) is 24.3 Å². The number of carboxylic acid groups (broad SMARTS) is 1. The maximum atomic E-state index is 12.5. The van der Waals surface area contributed by atoms with E-state index in [0.29, 0.717) is 6.42 Å². The van der Waals surface area contributed by atoms with Crippen LogP contribution in [-0.4, -0.2) is 24.7 Å². The maximum Gasteiger partial charge on any atom is 0.407 e. The van der Waals surface area contributed by atoms with E-state index in [1.807, 2.05) is 54.6 Å². The van der Waals surface area contributed by atoms with Crippen molar-refractivity contribution in [1.82, 2.24) is 5.32 Å². The number of amides is 1. The summed E-state index contributed by atoms with van der Waals surface area (Å²) in [7, 11) is 0. The lowest BCUT2D eigenvalue weighted by Crippen LogP contribution is -2.41. The number of benzene rings is 3. The number of alkyl carbamates (subject to hydrolysis) is 1. The monoisotopic (exact) mass is 400 g/mol. The summed E-state index contributed by atoms with van der Waals surface area (Å²) in [5, 5.41) is 13.8. The quantitative estimate of drug-likeness (QED) is 0.660. The lowest BCUT2D eigenvalue weighted by Gasteiger charge is -2.20. The second-order valence-corrected chi connectivity index (χ2v) is 7.43. The van der Waals surface area contributed by atoms with E-state index in [-0.39, 0.29) is 18.9 Å². The number of ether oxygens (including phenoxy) is 1. The Kier molecular flexibility index (Phi) is 5.80. The maximum absolute atomic E-state index is 12.5. The lowest BCUT2D eigenvalue weighted by atomic mass is 9.98. The summed E-state index contributed by atoms with van der Waals surface area (Å²) < 4.78 is 5.53. The highest BCUT2D eigenvalue weighted by Crippen LogP contribution is 2.44. The number of fused-ring (bicyclic) bond motifs is 3. The molecule has 3 aromatic rings. The van der Waals surface area contributed by atoms with Gasteiger partial charge in [0.15, 0.2) is 0 Å². The largest absolute Gasteiger partial charge is 0.550 e. The van der Waals surface area contributed by atoms with E-state index < -0.39 is 18.1 Å². The van der Waals surface area contributed by atoms with Gasteiger partial charge in [-0.2, -0.15) is 0 Å². The van der Waals surface area contributed by atoms with Crippen LogP contribution in [0.15, 0.2) is 78.9 Å². The van der Waals surface area contributed by atoms with Crippen molar-refractivity contribution in [3.63, 3.8) is 0 Å². The molecule has 0 aromatic heterocycles. The first-order valence-electron chi connectivity index (χ1n) is 9.97. The SMILES string of the molecule is O=C([O-])C[C@H](Cc1ccccc1)NC(=O)OCC1c2ccccc2-c2ccccc21. The van der Waals surface area contributed by atoms with Gasteiger partial charge in [0.05, 0.1) is 0 Å². The van der Waals surface area contributed by atoms with Crippen molar-refractivity contribution in [3.05, 3.63) is 95.6 Å². The smallest absolute Gasteiger partial charge is 0.407 e. The highest BCUT2D eigenvalue weighted by molar-refractivity contribution is 5.79. The Morgan fingerprint density at radius 2 is 1.43 bits per heavy atom. The highest BCUT2D eigenvalue weighted by Gasteiger charge is 2.29. The molecule has 0 radical (unpaired) electrons. The van der Waals surface area contributed by atoms with Crippen LogP contribution in [0.3, 0.4) is 0 Å². The number of aliphatic carboxylic acids is 1. The predicted molar refractivity (Wildman–Crippen MR) is 112 cm³/mol. The van der Waals surface area contributed by atoms with Crippen LogP contribution < -0.4 is 10.4 Å². The third-order valence-electron chi connectivity index (χ3n) is 5.40. The van der Waals surface area contributed by atoms with Crippen LogP contribution in [0.5, 0.6) is 0 Å². The fourth-order valence-electron chi connectivity index (χ4n) is 4.08. The molecule has 5 nitrogen and oxygen atoms in total. The Bertz CT molecular complexity index is 1000. The van der Waals surface area contributed by atoms with E-state index in [1.54, 1.807) is 0 Å². The normalized spacial score (nSPS) is 13.2. The van der Waals surface area contributed by atoms with Gasteiger partial charge in [-0.15, -0.1) is 0 Å². The summed E-state index contributed by atoms with van der Waals surface area (Å²) in [6, 6.07) is 25.0. The summed E-state index contributed by atoms with van der Waals surface area (Å²) in [6.07, 6.45) is -0.517. The van der Waals surface area contributed by atoms with Crippen molar-refractivity contribution in [2.45, 2.75) is 24.8 Å². The Labute approximate surface area is 175 Å². The molecule has 1 aliphatic carbocycles. The van der Waals surface area contributed by atoms with Crippen LogP contribution in [0.25, 0.3) is 11.1 Å². The summed E-state index contributed by atoms with van der Waals surface area (Å²) >= 11 is 0. The molecule has 0 saturated carbocycles. The third-order valence-corrected chi connectivity index (χ3v) is 5.40. The van der Waals surface area contributed by atoms with E-state index in [1.165, 1.54) is 0 Å². The summed E-state index contributed by atoms with van der Waals surface area (Å²) in [5.41, 5.74) is 5.49. The molecule has 1 N–H and O–H groups in total. The van der Waals surface area contributed by atoms with Gasteiger partial charge in [0.2, 0.25) is 0 Å². The second-order valence-electron chi connectivity index (χ2n) is 7.43. The van der Waals surface area contributed by atoms with Crippen molar-refractivity contribution >= 4 is 12.1 Å². The molecular formula is C25H22NO4-. The molecule has 0 bridgehead atoms. The molecule has 1 aliphatic rings. The minimum absolute atomic E-state index is 0.0446. The fourth-order valence-corrected chi connectivity index (χ4v) is 4.08. The van der Waals surface area contributed by atoms with Gasteiger partial charge in [-0.05, 0) is 34.2 Å². The molecule has 0 unspecified atom stereocenters. The summed E-state index contributed by atoms with van der Waals surface area (Å²) in [5.74, 6) is -1.26. The molecule has 3 aromatic carbocycles. The molecule has 5 heteroatoms. The van der Waals surface area contributed by atoms with Gasteiger partial charge >= 0.3 is 6.09 Å². The van der Waals surface area contributed by atoms with Crippen LogP contribution in [0.4, 0.5) is 4.79 Å². The number of nitrogens with one attached hydrogen (secondary N) is 1. The molecule has 0 heterocycles. The van der Waals surface area contributed by atoms with Crippen LogP contribution in [0.2, 0.25) is 0 Å². The highest BCUT2D eigenvalue weighted by atomic mass is 16.5. The summed E-state index contributed by atoms with van der Waals surface area (Å²) in [4.78, 5) is 23.6. The van der Waals surface area contributed by atoms with E-state index in [0.717, 1.165) is 27.8 Å². The van der Waals surface area contributed by atoms with Crippen LogP contribution in [0, 0.1) is 0 Å². The summed E-state index contributed by atoms with van der Waals surface area (Å²) in [6.45, 7) is 0.184. The predicted octanol–water partition coefficient (Wildman–Crippen LogP) is 3.28. The standard InChI is InChI=1S/C25H23NO4/c27-24(28)15-18(14-17-8-2-1-3-9-17)26-25(29)30-16-23-21-12-6-4-10-19(21)20-11-5-7-13-22(20)23/h1-13,18,23H,14-16H2,(H,26,29)(H,27,28)/p-1/t18-/m0/s1. The molecule has 1 atom stereocenters. The molecular weight excluding hydrogens is 378 g/mol. The van der Waals surface area contributed by atoms with E-state index in [4.69, 9.17) is 4.74 Å².